The molecule has 0 atom stereocenters. The zero-order valence-corrected chi connectivity index (χ0v) is 14.6. The SMILES string of the molecule is CCNC(=O)CNC(=O)CCc1c(C)c2ccc(OC)cc2oc1=O. The molecule has 7 heteroatoms. The van der Waals surface area contributed by atoms with Crippen molar-refractivity contribution < 1.29 is 18.7 Å². The van der Waals surface area contributed by atoms with E-state index in [1.807, 2.05) is 13.0 Å². The first-order valence-electron chi connectivity index (χ1n) is 8.10. The van der Waals surface area contributed by atoms with Crippen LogP contribution in [0.25, 0.3) is 11.0 Å². The topological polar surface area (TPSA) is 97.6 Å². The second-order valence-corrected chi connectivity index (χ2v) is 5.59. The van der Waals surface area contributed by atoms with Gasteiger partial charge in [0, 0.05) is 30.0 Å². The lowest BCUT2D eigenvalue weighted by molar-refractivity contribution is -0.126. The van der Waals surface area contributed by atoms with Gasteiger partial charge in [-0.25, -0.2) is 4.79 Å². The minimum Gasteiger partial charge on any atom is -0.497 e. The van der Waals surface area contributed by atoms with E-state index in [9.17, 15) is 14.4 Å². The zero-order valence-electron chi connectivity index (χ0n) is 14.6. The van der Waals surface area contributed by atoms with Gasteiger partial charge < -0.3 is 19.8 Å². The maximum Gasteiger partial charge on any atom is 0.339 e. The second-order valence-electron chi connectivity index (χ2n) is 5.59. The molecular weight excluding hydrogens is 324 g/mol. The number of hydrogen-bond donors (Lipinski definition) is 2. The summed E-state index contributed by atoms with van der Waals surface area (Å²) in [6.45, 7) is 4.07. The van der Waals surface area contributed by atoms with Crippen LogP contribution in [0.4, 0.5) is 0 Å². The Hall–Kier alpha value is -2.83. The van der Waals surface area contributed by atoms with Crippen molar-refractivity contribution in [3.63, 3.8) is 0 Å². The molecule has 0 radical (unpaired) electrons. The Morgan fingerprint density at radius 1 is 1.20 bits per heavy atom. The third-order valence-electron chi connectivity index (χ3n) is 3.92. The van der Waals surface area contributed by atoms with Gasteiger partial charge >= 0.3 is 5.63 Å². The van der Waals surface area contributed by atoms with Gasteiger partial charge in [-0.05, 0) is 38.0 Å². The quantitative estimate of drug-likeness (QED) is 0.737. The first kappa shape index (κ1) is 18.5. The Morgan fingerprint density at radius 3 is 2.64 bits per heavy atom. The van der Waals surface area contributed by atoms with Crippen molar-refractivity contribution >= 4 is 22.8 Å². The molecule has 0 unspecified atom stereocenters. The summed E-state index contributed by atoms with van der Waals surface area (Å²) in [5.41, 5.74) is 1.23. The van der Waals surface area contributed by atoms with E-state index in [4.69, 9.17) is 9.15 Å². The van der Waals surface area contributed by atoms with E-state index in [-0.39, 0.29) is 31.2 Å². The molecule has 2 N–H and O–H groups in total. The highest BCUT2D eigenvalue weighted by molar-refractivity contribution is 5.85. The maximum atomic E-state index is 12.2. The second kappa shape index (κ2) is 8.32. The zero-order chi connectivity index (χ0) is 18.4. The van der Waals surface area contributed by atoms with E-state index in [1.165, 1.54) is 0 Å². The molecule has 134 valence electrons. The van der Waals surface area contributed by atoms with Crippen LogP contribution in [-0.4, -0.2) is 32.0 Å². The third-order valence-corrected chi connectivity index (χ3v) is 3.92. The van der Waals surface area contributed by atoms with Crippen LogP contribution in [0.15, 0.2) is 27.4 Å². The monoisotopic (exact) mass is 346 g/mol. The smallest absolute Gasteiger partial charge is 0.339 e. The van der Waals surface area contributed by atoms with Gasteiger partial charge in [0.25, 0.3) is 0 Å². The Labute approximate surface area is 145 Å². The highest BCUT2D eigenvalue weighted by atomic mass is 16.5. The summed E-state index contributed by atoms with van der Waals surface area (Å²) in [6, 6.07) is 5.27. The van der Waals surface area contributed by atoms with E-state index in [0.29, 0.717) is 23.4 Å². The van der Waals surface area contributed by atoms with Crippen LogP contribution in [0.5, 0.6) is 5.75 Å². The van der Waals surface area contributed by atoms with Gasteiger partial charge in [-0.15, -0.1) is 0 Å². The molecule has 0 aliphatic heterocycles. The van der Waals surface area contributed by atoms with Crippen LogP contribution >= 0.6 is 0 Å². The van der Waals surface area contributed by atoms with Crippen LogP contribution in [0.1, 0.15) is 24.5 Å². The number of methoxy groups -OCH3 is 1. The molecule has 2 amide bonds. The number of nitrogens with one attached hydrogen (secondary N) is 2. The number of carbonyl (C=O) groups excluding carboxylic acids is 2. The fourth-order valence-electron chi connectivity index (χ4n) is 2.56. The molecule has 0 aliphatic carbocycles. The third kappa shape index (κ3) is 4.59. The number of carbonyl (C=O) groups is 2. The molecule has 25 heavy (non-hydrogen) atoms. The van der Waals surface area contributed by atoms with Crippen molar-refractivity contribution in [2.45, 2.75) is 26.7 Å². The molecule has 0 saturated heterocycles. The van der Waals surface area contributed by atoms with Gasteiger partial charge in [0.1, 0.15) is 11.3 Å². The number of aryl methyl sites for hydroxylation is 1. The van der Waals surface area contributed by atoms with Crippen molar-refractivity contribution in [3.8, 4) is 5.75 Å². The Kier molecular flexibility index (Phi) is 6.16. The van der Waals surface area contributed by atoms with Crippen molar-refractivity contribution in [3.05, 3.63) is 39.7 Å². The predicted octanol–water partition coefficient (Wildman–Crippen LogP) is 1.29. The fourth-order valence-corrected chi connectivity index (χ4v) is 2.56. The summed E-state index contributed by atoms with van der Waals surface area (Å²) in [5.74, 6) is 0.0682. The molecule has 7 nitrogen and oxygen atoms in total. The highest BCUT2D eigenvalue weighted by Crippen LogP contribution is 2.24. The minimum atomic E-state index is -0.463. The van der Waals surface area contributed by atoms with Crippen molar-refractivity contribution in [2.75, 3.05) is 20.2 Å². The van der Waals surface area contributed by atoms with Crippen LogP contribution in [-0.2, 0) is 16.0 Å². The number of likely N-dealkylation sites (N-methyl/N-ethyl adjacent to an activating group) is 1. The van der Waals surface area contributed by atoms with Crippen LogP contribution in [0.2, 0.25) is 0 Å². The van der Waals surface area contributed by atoms with Gasteiger partial charge in [0.05, 0.1) is 13.7 Å². The Morgan fingerprint density at radius 2 is 1.96 bits per heavy atom. The lowest BCUT2D eigenvalue weighted by Crippen LogP contribution is -2.36. The molecule has 0 aliphatic rings. The van der Waals surface area contributed by atoms with E-state index in [2.05, 4.69) is 10.6 Å². The molecule has 0 bridgehead atoms. The molecule has 0 fully saturated rings. The van der Waals surface area contributed by atoms with Gasteiger partial charge in [-0.2, -0.15) is 0 Å². The number of rotatable bonds is 7. The molecule has 0 spiro atoms. The molecule has 1 aromatic heterocycles. The van der Waals surface area contributed by atoms with Gasteiger partial charge in [0.2, 0.25) is 11.8 Å². The molecular formula is C18H22N2O5. The van der Waals surface area contributed by atoms with Gasteiger partial charge in [-0.1, -0.05) is 0 Å². The average molecular weight is 346 g/mol. The number of benzene rings is 1. The summed E-state index contributed by atoms with van der Waals surface area (Å²) in [6.07, 6.45) is 0.351. The number of ether oxygens (including phenoxy) is 1. The summed E-state index contributed by atoms with van der Waals surface area (Å²) in [4.78, 5) is 35.4. The number of fused-ring (bicyclic) bond motifs is 1. The molecule has 1 aromatic carbocycles. The minimum absolute atomic E-state index is 0.0716. The lowest BCUT2D eigenvalue weighted by Gasteiger charge is -2.09. The number of amides is 2. The largest absolute Gasteiger partial charge is 0.497 e. The first-order chi connectivity index (χ1) is 12.0. The van der Waals surface area contributed by atoms with Crippen molar-refractivity contribution in [2.24, 2.45) is 0 Å². The van der Waals surface area contributed by atoms with Gasteiger partial charge in [-0.3, -0.25) is 9.59 Å². The van der Waals surface area contributed by atoms with Crippen LogP contribution in [0.3, 0.4) is 0 Å². The Balaban J connectivity index is 2.09. The van der Waals surface area contributed by atoms with E-state index in [1.54, 1.807) is 26.2 Å². The van der Waals surface area contributed by atoms with E-state index < -0.39 is 5.63 Å². The lowest BCUT2D eigenvalue weighted by atomic mass is 10.0. The van der Waals surface area contributed by atoms with Crippen LogP contribution < -0.4 is 21.0 Å². The number of hydrogen-bond acceptors (Lipinski definition) is 5. The molecule has 1 heterocycles. The van der Waals surface area contributed by atoms with Crippen molar-refractivity contribution in [1.82, 2.24) is 10.6 Å². The summed E-state index contributed by atoms with van der Waals surface area (Å²) >= 11 is 0. The summed E-state index contributed by atoms with van der Waals surface area (Å²) in [5, 5.41) is 5.93. The molecule has 0 saturated carbocycles. The normalized spacial score (nSPS) is 10.5. The molecule has 2 rings (SSSR count). The van der Waals surface area contributed by atoms with Crippen LogP contribution in [0, 0.1) is 6.92 Å². The summed E-state index contributed by atoms with van der Waals surface area (Å²) in [7, 11) is 1.54. The van der Waals surface area contributed by atoms with Crippen molar-refractivity contribution in [1.29, 1.82) is 0 Å². The average Bonchev–Trinajstić information content (AvgIpc) is 2.59. The fraction of sp³-hybridized carbons (Fsp3) is 0.389. The predicted molar refractivity (Wildman–Crippen MR) is 93.8 cm³/mol. The molecule has 2 aromatic rings. The van der Waals surface area contributed by atoms with E-state index >= 15 is 0 Å². The maximum absolute atomic E-state index is 12.2. The first-order valence-corrected chi connectivity index (χ1v) is 8.10. The van der Waals surface area contributed by atoms with E-state index in [0.717, 1.165) is 10.9 Å². The summed E-state index contributed by atoms with van der Waals surface area (Å²) < 4.78 is 10.5. The Bertz CT molecular complexity index is 841. The highest BCUT2D eigenvalue weighted by Gasteiger charge is 2.14. The standard InChI is InChI=1S/C18H22N2O5/c1-4-19-17(22)10-20-16(21)8-7-14-11(2)13-6-5-12(24-3)9-15(13)25-18(14)23/h5-6,9H,4,7-8,10H2,1-3H3,(H,19,22)(H,20,21). The van der Waals surface area contributed by atoms with Gasteiger partial charge in [0.15, 0.2) is 0 Å².